The van der Waals surface area contributed by atoms with Crippen molar-refractivity contribution in [1.82, 2.24) is 5.32 Å². The third kappa shape index (κ3) is 3.58. The zero-order valence-electron chi connectivity index (χ0n) is 10.9. The first-order valence-electron chi connectivity index (χ1n) is 6.70. The fraction of sp³-hybridized carbons (Fsp3) is 0.714. The molecule has 1 heterocycles. The largest absolute Gasteiger partial charge is 0.462 e. The van der Waals surface area contributed by atoms with Crippen molar-refractivity contribution in [1.29, 1.82) is 0 Å². The van der Waals surface area contributed by atoms with Crippen molar-refractivity contribution in [3.05, 3.63) is 23.2 Å². The molecule has 0 spiro atoms. The molecule has 1 fully saturated rings. The molecule has 0 aromatic carbocycles. The number of nitrogens with one attached hydrogen (secondary N) is 1. The Labute approximate surface area is 104 Å². The topological polar surface area (TPSA) is 34.4 Å². The first kappa shape index (κ1) is 12.7. The average Bonchev–Trinajstić information content (AvgIpc) is 2.58. The SMILES string of the molecule is CCCNCc1oc(COC2CCC2)cc1C. The van der Waals surface area contributed by atoms with Crippen LogP contribution in [-0.2, 0) is 17.9 Å². The summed E-state index contributed by atoms with van der Waals surface area (Å²) in [6.45, 7) is 6.75. The third-order valence-corrected chi connectivity index (χ3v) is 3.30. The predicted molar refractivity (Wildman–Crippen MR) is 67.9 cm³/mol. The molecule has 3 heteroatoms. The van der Waals surface area contributed by atoms with Crippen LogP contribution in [0.3, 0.4) is 0 Å². The smallest absolute Gasteiger partial charge is 0.130 e. The van der Waals surface area contributed by atoms with Gasteiger partial charge in [0.05, 0.1) is 12.6 Å². The van der Waals surface area contributed by atoms with Crippen LogP contribution in [-0.4, -0.2) is 12.6 Å². The Morgan fingerprint density at radius 2 is 2.29 bits per heavy atom. The van der Waals surface area contributed by atoms with Crippen LogP contribution in [0.5, 0.6) is 0 Å². The van der Waals surface area contributed by atoms with Gasteiger partial charge in [-0.05, 0) is 50.8 Å². The summed E-state index contributed by atoms with van der Waals surface area (Å²) in [6, 6.07) is 2.10. The molecule has 1 aliphatic carbocycles. The summed E-state index contributed by atoms with van der Waals surface area (Å²) in [6.07, 6.45) is 5.36. The monoisotopic (exact) mass is 237 g/mol. The highest BCUT2D eigenvalue weighted by Crippen LogP contribution is 2.24. The number of furan rings is 1. The van der Waals surface area contributed by atoms with E-state index in [9.17, 15) is 0 Å². The van der Waals surface area contributed by atoms with Crippen molar-refractivity contribution in [2.45, 2.75) is 58.8 Å². The maximum absolute atomic E-state index is 5.79. The summed E-state index contributed by atoms with van der Waals surface area (Å²) in [7, 11) is 0. The van der Waals surface area contributed by atoms with E-state index in [1.807, 2.05) is 0 Å². The standard InChI is InChI=1S/C14H23NO2/c1-3-7-15-9-14-11(2)8-13(17-14)10-16-12-5-4-6-12/h8,12,15H,3-7,9-10H2,1-2H3. The number of hydrogen-bond donors (Lipinski definition) is 1. The van der Waals surface area contributed by atoms with Gasteiger partial charge in [-0.25, -0.2) is 0 Å². The maximum atomic E-state index is 5.79. The van der Waals surface area contributed by atoms with Crippen LogP contribution in [0.15, 0.2) is 10.5 Å². The molecular formula is C14H23NO2. The van der Waals surface area contributed by atoms with E-state index in [0.717, 1.165) is 31.0 Å². The van der Waals surface area contributed by atoms with Gasteiger partial charge >= 0.3 is 0 Å². The van der Waals surface area contributed by atoms with E-state index >= 15 is 0 Å². The Balaban J connectivity index is 1.79. The molecule has 0 aliphatic heterocycles. The lowest BCUT2D eigenvalue weighted by molar-refractivity contribution is -0.0160. The molecule has 0 saturated heterocycles. The van der Waals surface area contributed by atoms with Gasteiger partial charge in [0.2, 0.25) is 0 Å². The molecule has 17 heavy (non-hydrogen) atoms. The molecule has 1 aromatic heterocycles. The van der Waals surface area contributed by atoms with Crippen molar-refractivity contribution < 1.29 is 9.15 Å². The fourth-order valence-electron chi connectivity index (χ4n) is 1.95. The highest BCUT2D eigenvalue weighted by molar-refractivity contribution is 5.19. The first-order chi connectivity index (χ1) is 8.29. The molecule has 2 rings (SSSR count). The van der Waals surface area contributed by atoms with E-state index in [1.165, 1.54) is 24.8 Å². The highest BCUT2D eigenvalue weighted by Gasteiger charge is 2.18. The molecule has 1 N–H and O–H groups in total. The summed E-state index contributed by atoms with van der Waals surface area (Å²) in [5.41, 5.74) is 1.22. The van der Waals surface area contributed by atoms with E-state index in [1.54, 1.807) is 0 Å². The van der Waals surface area contributed by atoms with Gasteiger partial charge in [0, 0.05) is 0 Å². The molecular weight excluding hydrogens is 214 g/mol. The van der Waals surface area contributed by atoms with Gasteiger partial charge in [-0.15, -0.1) is 0 Å². The van der Waals surface area contributed by atoms with Crippen LogP contribution in [0.4, 0.5) is 0 Å². The summed E-state index contributed by atoms with van der Waals surface area (Å²) in [5.74, 6) is 2.01. The number of hydrogen-bond acceptors (Lipinski definition) is 3. The van der Waals surface area contributed by atoms with E-state index in [0.29, 0.717) is 12.7 Å². The van der Waals surface area contributed by atoms with Crippen LogP contribution in [0.1, 0.15) is 49.7 Å². The minimum atomic E-state index is 0.474. The van der Waals surface area contributed by atoms with Crippen LogP contribution >= 0.6 is 0 Å². The average molecular weight is 237 g/mol. The van der Waals surface area contributed by atoms with Crippen LogP contribution < -0.4 is 5.32 Å². The second-order valence-corrected chi connectivity index (χ2v) is 4.86. The Morgan fingerprint density at radius 1 is 1.47 bits per heavy atom. The molecule has 0 amide bonds. The van der Waals surface area contributed by atoms with Crippen LogP contribution in [0, 0.1) is 6.92 Å². The van der Waals surface area contributed by atoms with E-state index in [4.69, 9.17) is 9.15 Å². The molecule has 0 bridgehead atoms. The predicted octanol–water partition coefficient (Wildman–Crippen LogP) is 3.16. The Hall–Kier alpha value is -0.800. The van der Waals surface area contributed by atoms with Crippen LogP contribution in [0.25, 0.3) is 0 Å². The molecule has 1 aromatic rings. The summed E-state index contributed by atoms with van der Waals surface area (Å²) in [5, 5.41) is 3.36. The lowest BCUT2D eigenvalue weighted by atomic mass is 9.96. The molecule has 0 unspecified atom stereocenters. The lowest BCUT2D eigenvalue weighted by Crippen LogP contribution is -2.21. The first-order valence-corrected chi connectivity index (χ1v) is 6.70. The molecule has 1 aliphatic rings. The Bertz CT molecular complexity index is 342. The van der Waals surface area contributed by atoms with E-state index in [-0.39, 0.29) is 0 Å². The van der Waals surface area contributed by atoms with Gasteiger partial charge in [-0.1, -0.05) is 6.92 Å². The third-order valence-electron chi connectivity index (χ3n) is 3.30. The van der Waals surface area contributed by atoms with Crippen molar-refractivity contribution in [3.8, 4) is 0 Å². The fourth-order valence-corrected chi connectivity index (χ4v) is 1.95. The van der Waals surface area contributed by atoms with Crippen molar-refractivity contribution in [3.63, 3.8) is 0 Å². The van der Waals surface area contributed by atoms with Crippen molar-refractivity contribution >= 4 is 0 Å². The van der Waals surface area contributed by atoms with Gasteiger partial charge in [0.25, 0.3) is 0 Å². The van der Waals surface area contributed by atoms with Crippen molar-refractivity contribution in [2.24, 2.45) is 0 Å². The second kappa shape index (κ2) is 6.22. The zero-order chi connectivity index (χ0) is 12.1. The van der Waals surface area contributed by atoms with Gasteiger partial charge < -0.3 is 14.5 Å². The van der Waals surface area contributed by atoms with Gasteiger partial charge in [0.15, 0.2) is 0 Å². The zero-order valence-corrected chi connectivity index (χ0v) is 10.9. The Kier molecular flexibility index (Phi) is 4.63. The summed E-state index contributed by atoms with van der Waals surface area (Å²) >= 11 is 0. The van der Waals surface area contributed by atoms with Crippen LogP contribution in [0.2, 0.25) is 0 Å². The lowest BCUT2D eigenvalue weighted by Gasteiger charge is -2.24. The molecule has 3 nitrogen and oxygen atoms in total. The molecule has 1 saturated carbocycles. The molecule has 96 valence electrons. The summed E-state index contributed by atoms with van der Waals surface area (Å²) < 4.78 is 11.5. The van der Waals surface area contributed by atoms with E-state index in [2.05, 4.69) is 25.2 Å². The van der Waals surface area contributed by atoms with Gasteiger partial charge in [-0.3, -0.25) is 0 Å². The minimum Gasteiger partial charge on any atom is -0.462 e. The molecule has 0 radical (unpaired) electrons. The normalized spacial score (nSPS) is 16.1. The van der Waals surface area contributed by atoms with Crippen molar-refractivity contribution in [2.75, 3.05) is 6.54 Å². The second-order valence-electron chi connectivity index (χ2n) is 4.86. The minimum absolute atomic E-state index is 0.474. The maximum Gasteiger partial charge on any atom is 0.130 e. The molecule has 0 atom stereocenters. The van der Waals surface area contributed by atoms with Gasteiger partial charge in [-0.2, -0.15) is 0 Å². The quantitative estimate of drug-likeness (QED) is 0.740. The van der Waals surface area contributed by atoms with E-state index < -0.39 is 0 Å². The number of aryl methyl sites for hydroxylation is 1. The summed E-state index contributed by atoms with van der Waals surface area (Å²) in [4.78, 5) is 0. The number of rotatable bonds is 7. The van der Waals surface area contributed by atoms with Gasteiger partial charge in [0.1, 0.15) is 18.1 Å². The highest BCUT2D eigenvalue weighted by atomic mass is 16.5. The Morgan fingerprint density at radius 3 is 2.94 bits per heavy atom. The number of ether oxygens (including phenoxy) is 1.